The van der Waals surface area contributed by atoms with Gasteiger partial charge in [-0.3, -0.25) is 9.48 Å². The number of aromatic nitrogens is 2. The van der Waals surface area contributed by atoms with Gasteiger partial charge in [-0.25, -0.2) is 0 Å². The van der Waals surface area contributed by atoms with E-state index in [2.05, 4.69) is 48.5 Å². The van der Waals surface area contributed by atoms with Gasteiger partial charge in [-0.2, -0.15) is 5.10 Å². The SMILES string of the molecule is CN(C[C@]1(c2ccccc2)CC1(C)C)C(=O)c1cc2n(n1)CCCNC2. The molecule has 1 aromatic carbocycles. The number of hydrogen-bond acceptors (Lipinski definition) is 3. The molecule has 2 heterocycles. The van der Waals surface area contributed by atoms with Crippen molar-refractivity contribution in [3.8, 4) is 0 Å². The molecule has 2 aromatic rings. The Kier molecular flexibility index (Phi) is 4.14. The van der Waals surface area contributed by atoms with Crippen LogP contribution in [-0.4, -0.2) is 40.7 Å². The van der Waals surface area contributed by atoms with E-state index in [9.17, 15) is 4.79 Å². The molecule has 0 bridgehead atoms. The molecular formula is C21H28N4O. The molecule has 138 valence electrons. The highest BCUT2D eigenvalue weighted by atomic mass is 16.2. The molecule has 1 fully saturated rings. The second-order valence-electron chi connectivity index (χ2n) is 8.44. The van der Waals surface area contributed by atoms with Crippen molar-refractivity contribution in [3.63, 3.8) is 0 Å². The third-order valence-corrected chi connectivity index (χ3v) is 6.21. The Balaban J connectivity index is 1.54. The Labute approximate surface area is 155 Å². The Bertz CT molecular complexity index is 787. The minimum atomic E-state index is 0.0172. The van der Waals surface area contributed by atoms with Crippen molar-refractivity contribution in [2.45, 2.75) is 45.2 Å². The number of likely N-dealkylation sites (N-methyl/N-ethyl adjacent to an activating group) is 1. The number of amides is 1. The van der Waals surface area contributed by atoms with Crippen LogP contribution in [0.15, 0.2) is 36.4 Å². The number of benzene rings is 1. The van der Waals surface area contributed by atoms with Crippen molar-refractivity contribution < 1.29 is 4.79 Å². The van der Waals surface area contributed by atoms with Crippen LogP contribution in [0, 0.1) is 5.41 Å². The van der Waals surface area contributed by atoms with Crippen molar-refractivity contribution >= 4 is 5.91 Å². The molecule has 1 aliphatic heterocycles. The summed E-state index contributed by atoms with van der Waals surface area (Å²) in [7, 11) is 1.91. The Morgan fingerprint density at radius 3 is 2.73 bits per heavy atom. The molecule has 0 saturated heterocycles. The summed E-state index contributed by atoms with van der Waals surface area (Å²) in [4.78, 5) is 14.9. The largest absolute Gasteiger partial charge is 0.339 e. The molecular weight excluding hydrogens is 324 g/mol. The molecule has 26 heavy (non-hydrogen) atoms. The number of fused-ring (bicyclic) bond motifs is 1. The first-order valence-electron chi connectivity index (χ1n) is 9.51. The van der Waals surface area contributed by atoms with Crippen molar-refractivity contribution in [1.82, 2.24) is 20.0 Å². The highest BCUT2D eigenvalue weighted by molar-refractivity contribution is 5.92. The van der Waals surface area contributed by atoms with Gasteiger partial charge in [0.25, 0.3) is 5.91 Å². The summed E-state index contributed by atoms with van der Waals surface area (Å²) >= 11 is 0. The summed E-state index contributed by atoms with van der Waals surface area (Å²) in [5, 5.41) is 7.96. The molecule has 4 rings (SSSR count). The third kappa shape index (κ3) is 2.84. The highest BCUT2D eigenvalue weighted by Crippen LogP contribution is 2.64. The van der Waals surface area contributed by atoms with Gasteiger partial charge in [-0.1, -0.05) is 44.2 Å². The molecule has 1 saturated carbocycles. The van der Waals surface area contributed by atoms with Crippen LogP contribution < -0.4 is 5.32 Å². The first kappa shape index (κ1) is 17.3. The van der Waals surface area contributed by atoms with Crippen molar-refractivity contribution in [1.29, 1.82) is 0 Å². The second-order valence-corrected chi connectivity index (χ2v) is 8.44. The summed E-state index contributed by atoms with van der Waals surface area (Å²) < 4.78 is 1.98. The fourth-order valence-electron chi connectivity index (χ4n) is 4.46. The number of hydrogen-bond donors (Lipinski definition) is 1. The second kappa shape index (κ2) is 6.23. The van der Waals surface area contributed by atoms with Crippen LogP contribution in [0.2, 0.25) is 0 Å². The summed E-state index contributed by atoms with van der Waals surface area (Å²) in [6, 6.07) is 12.6. The number of aryl methyl sites for hydroxylation is 1. The lowest BCUT2D eigenvalue weighted by atomic mass is 9.87. The predicted molar refractivity (Wildman–Crippen MR) is 102 cm³/mol. The van der Waals surface area contributed by atoms with E-state index in [0.717, 1.165) is 44.7 Å². The van der Waals surface area contributed by atoms with Gasteiger partial charge in [0.1, 0.15) is 0 Å². The van der Waals surface area contributed by atoms with Crippen molar-refractivity contribution in [3.05, 3.63) is 53.3 Å². The Morgan fingerprint density at radius 2 is 2.04 bits per heavy atom. The van der Waals surface area contributed by atoms with E-state index in [0.29, 0.717) is 5.69 Å². The minimum absolute atomic E-state index is 0.0172. The van der Waals surface area contributed by atoms with Crippen LogP contribution >= 0.6 is 0 Å². The van der Waals surface area contributed by atoms with E-state index < -0.39 is 0 Å². The van der Waals surface area contributed by atoms with Crippen LogP contribution in [0.5, 0.6) is 0 Å². The molecule has 0 radical (unpaired) electrons. The molecule has 0 unspecified atom stereocenters. The van der Waals surface area contributed by atoms with Crippen molar-refractivity contribution in [2.75, 3.05) is 20.1 Å². The highest BCUT2D eigenvalue weighted by Gasteiger charge is 2.62. The van der Waals surface area contributed by atoms with Gasteiger partial charge in [-0.15, -0.1) is 0 Å². The average Bonchev–Trinajstić information content (AvgIpc) is 3.08. The van der Waals surface area contributed by atoms with E-state index in [4.69, 9.17) is 0 Å². The Morgan fingerprint density at radius 1 is 1.31 bits per heavy atom. The molecule has 1 aliphatic carbocycles. The molecule has 1 aromatic heterocycles. The first-order valence-corrected chi connectivity index (χ1v) is 9.51. The quantitative estimate of drug-likeness (QED) is 0.920. The van der Waals surface area contributed by atoms with Gasteiger partial charge in [0.2, 0.25) is 0 Å². The van der Waals surface area contributed by atoms with Crippen molar-refractivity contribution in [2.24, 2.45) is 5.41 Å². The normalized spacial score (nSPS) is 23.8. The van der Waals surface area contributed by atoms with E-state index in [1.165, 1.54) is 5.56 Å². The standard InChI is InChI=1S/C21H28N4O/c1-20(2)14-21(20,16-8-5-4-6-9-16)15-24(3)19(26)18-12-17-13-22-10-7-11-25(17)23-18/h4-6,8-9,12,22H,7,10-11,13-15H2,1-3H3/t21-/m0/s1. The maximum absolute atomic E-state index is 13.0. The van der Waals surface area contributed by atoms with Crippen LogP contribution in [-0.2, 0) is 18.5 Å². The summed E-state index contributed by atoms with van der Waals surface area (Å²) in [5.74, 6) is 0.0172. The predicted octanol–water partition coefficient (Wildman–Crippen LogP) is 2.82. The lowest BCUT2D eigenvalue weighted by Gasteiger charge is -2.27. The average molecular weight is 352 g/mol. The molecule has 0 spiro atoms. The lowest BCUT2D eigenvalue weighted by molar-refractivity contribution is 0.0768. The minimum Gasteiger partial charge on any atom is -0.339 e. The fourth-order valence-corrected chi connectivity index (χ4v) is 4.46. The first-order chi connectivity index (χ1) is 12.4. The van der Waals surface area contributed by atoms with Gasteiger partial charge < -0.3 is 10.2 Å². The maximum Gasteiger partial charge on any atom is 0.274 e. The lowest BCUT2D eigenvalue weighted by Crippen LogP contribution is -2.36. The third-order valence-electron chi connectivity index (χ3n) is 6.21. The van der Waals surface area contributed by atoms with E-state index in [-0.39, 0.29) is 16.7 Å². The fraction of sp³-hybridized carbons (Fsp3) is 0.524. The topological polar surface area (TPSA) is 50.2 Å². The molecule has 1 atom stereocenters. The van der Waals surface area contributed by atoms with E-state index >= 15 is 0 Å². The number of rotatable bonds is 4. The number of carbonyl (C=O) groups is 1. The number of carbonyl (C=O) groups excluding carboxylic acids is 1. The van der Waals surface area contributed by atoms with Gasteiger partial charge >= 0.3 is 0 Å². The number of nitrogens with one attached hydrogen (secondary N) is 1. The zero-order chi connectivity index (χ0) is 18.4. The number of nitrogens with zero attached hydrogens (tertiary/aromatic N) is 3. The maximum atomic E-state index is 13.0. The van der Waals surface area contributed by atoms with Crippen LogP contribution in [0.25, 0.3) is 0 Å². The molecule has 1 amide bonds. The summed E-state index contributed by atoms with van der Waals surface area (Å²) in [5.41, 5.74) is 3.24. The smallest absolute Gasteiger partial charge is 0.274 e. The van der Waals surface area contributed by atoms with Gasteiger partial charge in [0.15, 0.2) is 5.69 Å². The van der Waals surface area contributed by atoms with E-state index in [1.54, 1.807) is 0 Å². The van der Waals surface area contributed by atoms with Gasteiger partial charge in [0, 0.05) is 32.1 Å². The van der Waals surface area contributed by atoms with Crippen LogP contribution in [0.1, 0.15) is 48.4 Å². The van der Waals surface area contributed by atoms with Crippen LogP contribution in [0.3, 0.4) is 0 Å². The summed E-state index contributed by atoms with van der Waals surface area (Å²) in [6.45, 7) is 7.97. The van der Waals surface area contributed by atoms with Crippen LogP contribution in [0.4, 0.5) is 0 Å². The molecule has 5 heteroatoms. The molecule has 2 aliphatic rings. The van der Waals surface area contributed by atoms with E-state index in [1.807, 2.05) is 28.8 Å². The monoisotopic (exact) mass is 352 g/mol. The Hall–Kier alpha value is -2.14. The molecule has 5 nitrogen and oxygen atoms in total. The van der Waals surface area contributed by atoms with Gasteiger partial charge in [0.05, 0.1) is 5.69 Å². The zero-order valence-corrected chi connectivity index (χ0v) is 16.0. The summed E-state index contributed by atoms with van der Waals surface area (Å²) in [6.07, 6.45) is 2.15. The van der Waals surface area contributed by atoms with Gasteiger partial charge in [-0.05, 0) is 36.4 Å². The zero-order valence-electron chi connectivity index (χ0n) is 16.0. The molecule has 1 N–H and O–H groups in total.